The minimum atomic E-state index is -1.28. The highest BCUT2D eigenvalue weighted by Crippen LogP contribution is 2.40. The van der Waals surface area contributed by atoms with Crippen LogP contribution in [-0.2, 0) is 35.1 Å². The number of carbonyl (C=O) groups excluding carboxylic acids is 5. The highest BCUT2D eigenvalue weighted by Gasteiger charge is 2.39. The monoisotopic (exact) mass is 454 g/mol. The first-order chi connectivity index (χ1) is 15.5. The van der Waals surface area contributed by atoms with E-state index in [1.54, 1.807) is 0 Å². The molecule has 1 aromatic rings. The molecule has 1 heterocycles. The number of aliphatic hydroxyl groups is 2. The van der Waals surface area contributed by atoms with Crippen LogP contribution in [0.1, 0.15) is 5.56 Å². The number of ether oxygens (including phenoxy) is 2. The quantitative estimate of drug-likeness (QED) is 0.281. The number of ketones is 4. The number of hydrogen-bond acceptors (Lipinski definition) is 11. The molecule has 0 spiro atoms. The summed E-state index contributed by atoms with van der Waals surface area (Å²) in [7, 11) is 0. The molecule has 3 aliphatic rings. The Bertz CT molecular complexity index is 1280. The molecule has 1 aliphatic heterocycles. The van der Waals surface area contributed by atoms with Crippen LogP contribution in [-0.4, -0.2) is 61.7 Å². The minimum Gasteiger partial charge on any atom is -0.508 e. The summed E-state index contributed by atoms with van der Waals surface area (Å²) in [6.07, 6.45) is 0.539. The van der Waals surface area contributed by atoms with Gasteiger partial charge in [0.05, 0.1) is 5.57 Å². The highest BCUT2D eigenvalue weighted by molar-refractivity contribution is 6.48. The maximum Gasteiger partial charge on any atom is 0.338 e. The molecule has 0 saturated carbocycles. The van der Waals surface area contributed by atoms with E-state index in [1.165, 1.54) is 6.07 Å². The molecule has 11 heteroatoms. The van der Waals surface area contributed by atoms with Gasteiger partial charge in [0, 0.05) is 35.8 Å². The van der Waals surface area contributed by atoms with Gasteiger partial charge >= 0.3 is 5.97 Å². The molecule has 33 heavy (non-hydrogen) atoms. The summed E-state index contributed by atoms with van der Waals surface area (Å²) in [6.45, 7) is 0. The van der Waals surface area contributed by atoms with E-state index < -0.39 is 58.4 Å². The smallest absolute Gasteiger partial charge is 0.338 e. The van der Waals surface area contributed by atoms with Gasteiger partial charge in [0.25, 0.3) is 11.6 Å². The second-order valence-corrected chi connectivity index (χ2v) is 7.32. The number of esters is 1. The van der Waals surface area contributed by atoms with Crippen molar-refractivity contribution in [2.45, 2.75) is 18.6 Å². The predicted molar refractivity (Wildman–Crippen MR) is 105 cm³/mol. The molecule has 2 atom stereocenters. The number of phenols is 2. The lowest BCUT2D eigenvalue weighted by molar-refractivity contribution is -0.148. The molecular formula is C22H14O11. The molecule has 0 aromatic heterocycles. The van der Waals surface area contributed by atoms with E-state index in [-0.39, 0.29) is 34.8 Å². The number of hydrogen-bond donors (Lipinski definition) is 4. The lowest BCUT2D eigenvalue weighted by atomic mass is 9.90. The molecule has 4 rings (SSSR count). The standard InChI is InChI=1S/C22H14O11/c23-10-5-12(24)11-7-18(33-22(31)9-3-15(27)20(30)16(28)4-9)21(32-17(11)6-10)8-1-13(25)19(29)14(26)2-8/h1-6,18,21,23-25,27H,7H2/t18-,21-/m1/s1. The fourth-order valence-electron chi connectivity index (χ4n) is 3.52. The molecule has 11 nitrogen and oxygen atoms in total. The summed E-state index contributed by atoms with van der Waals surface area (Å²) in [4.78, 5) is 59.2. The van der Waals surface area contributed by atoms with E-state index in [0.717, 1.165) is 24.3 Å². The van der Waals surface area contributed by atoms with Crippen LogP contribution in [0.4, 0.5) is 0 Å². The molecule has 168 valence electrons. The highest BCUT2D eigenvalue weighted by atomic mass is 16.6. The van der Waals surface area contributed by atoms with Gasteiger partial charge in [-0.15, -0.1) is 0 Å². The van der Waals surface area contributed by atoms with Crippen molar-refractivity contribution < 1.29 is 53.9 Å². The summed E-state index contributed by atoms with van der Waals surface area (Å²) in [5, 5.41) is 39.3. The molecule has 4 N–H and O–H groups in total. The molecular weight excluding hydrogens is 440 g/mol. The second kappa shape index (κ2) is 7.79. The minimum absolute atomic E-state index is 0.00173. The van der Waals surface area contributed by atoms with E-state index in [0.29, 0.717) is 6.08 Å². The maximum absolute atomic E-state index is 12.7. The number of aliphatic hydroxyl groups excluding tert-OH is 2. The van der Waals surface area contributed by atoms with E-state index in [4.69, 9.17) is 9.47 Å². The number of carbonyl (C=O) groups is 5. The van der Waals surface area contributed by atoms with Gasteiger partial charge in [0.2, 0.25) is 11.6 Å². The molecule has 0 bridgehead atoms. The third-order valence-corrected chi connectivity index (χ3v) is 5.08. The van der Waals surface area contributed by atoms with Crippen molar-refractivity contribution in [3.05, 3.63) is 64.7 Å². The van der Waals surface area contributed by atoms with Crippen molar-refractivity contribution in [2.75, 3.05) is 0 Å². The van der Waals surface area contributed by atoms with Crippen LogP contribution in [0.3, 0.4) is 0 Å². The first-order valence-corrected chi connectivity index (χ1v) is 9.39. The number of rotatable bonds is 3. The zero-order chi connectivity index (χ0) is 24.0. The van der Waals surface area contributed by atoms with Gasteiger partial charge in [-0.05, 0) is 18.2 Å². The zero-order valence-corrected chi connectivity index (χ0v) is 16.5. The van der Waals surface area contributed by atoms with Crippen molar-refractivity contribution in [1.82, 2.24) is 0 Å². The third kappa shape index (κ3) is 3.87. The second-order valence-electron chi connectivity index (χ2n) is 7.32. The van der Waals surface area contributed by atoms with Crippen LogP contribution >= 0.6 is 0 Å². The molecule has 1 aromatic carbocycles. The van der Waals surface area contributed by atoms with Crippen LogP contribution < -0.4 is 4.74 Å². The average Bonchev–Trinajstić information content (AvgIpc) is 2.75. The molecule has 2 aliphatic carbocycles. The van der Waals surface area contributed by atoms with Gasteiger partial charge in [-0.25, -0.2) is 4.79 Å². The fourth-order valence-corrected chi connectivity index (χ4v) is 3.52. The summed E-state index contributed by atoms with van der Waals surface area (Å²) < 4.78 is 11.1. The van der Waals surface area contributed by atoms with E-state index in [2.05, 4.69) is 0 Å². The fraction of sp³-hybridized carbons (Fsp3) is 0.136. The van der Waals surface area contributed by atoms with Crippen molar-refractivity contribution in [3.8, 4) is 17.2 Å². The predicted octanol–water partition coefficient (Wildman–Crippen LogP) is 0.353. The van der Waals surface area contributed by atoms with Gasteiger partial charge in [-0.2, -0.15) is 0 Å². The number of benzene rings is 1. The summed E-state index contributed by atoms with van der Waals surface area (Å²) >= 11 is 0. The first-order valence-electron chi connectivity index (χ1n) is 9.39. The Balaban J connectivity index is 1.71. The number of aromatic hydroxyl groups is 2. The number of fused-ring (bicyclic) bond motifs is 1. The molecule has 0 saturated heterocycles. The van der Waals surface area contributed by atoms with Crippen LogP contribution in [0.15, 0.2) is 59.1 Å². The Morgan fingerprint density at radius 3 is 2.15 bits per heavy atom. The van der Waals surface area contributed by atoms with Crippen LogP contribution in [0, 0.1) is 0 Å². The number of phenolic OH excluding ortho intramolecular Hbond substituents is 2. The van der Waals surface area contributed by atoms with Gasteiger partial charge < -0.3 is 29.9 Å². The lowest BCUT2D eigenvalue weighted by Gasteiger charge is -2.34. The molecule has 0 radical (unpaired) electrons. The SMILES string of the molecule is O=C1C=C(C(=O)O[C@@H]2Cc3c(O)cc(O)cc3O[C@@H]2C2=CC(=O)C(=O)C(O)=C2)C=C(O)C1=O. The van der Waals surface area contributed by atoms with E-state index >= 15 is 0 Å². The Labute approximate surface area is 184 Å². The van der Waals surface area contributed by atoms with Crippen molar-refractivity contribution in [1.29, 1.82) is 0 Å². The van der Waals surface area contributed by atoms with E-state index in [1.807, 2.05) is 0 Å². The molecule has 0 unspecified atom stereocenters. The zero-order valence-electron chi connectivity index (χ0n) is 16.5. The Morgan fingerprint density at radius 1 is 0.879 bits per heavy atom. The Kier molecular flexibility index (Phi) is 5.09. The van der Waals surface area contributed by atoms with Gasteiger partial charge in [0.15, 0.2) is 17.6 Å². The Hall–Kier alpha value is -4.67. The Morgan fingerprint density at radius 2 is 1.52 bits per heavy atom. The third-order valence-electron chi connectivity index (χ3n) is 5.08. The van der Waals surface area contributed by atoms with Crippen LogP contribution in [0.2, 0.25) is 0 Å². The molecule has 0 amide bonds. The van der Waals surface area contributed by atoms with Crippen molar-refractivity contribution >= 4 is 29.1 Å². The number of allylic oxidation sites excluding steroid dienone is 4. The molecule has 0 fully saturated rings. The normalized spacial score (nSPS) is 22.4. The summed E-state index contributed by atoms with van der Waals surface area (Å²) in [5.41, 5.74) is -0.319. The van der Waals surface area contributed by atoms with Gasteiger partial charge in [-0.3, -0.25) is 19.2 Å². The van der Waals surface area contributed by atoms with Gasteiger partial charge in [0.1, 0.15) is 23.4 Å². The lowest BCUT2D eigenvalue weighted by Crippen LogP contribution is -2.43. The summed E-state index contributed by atoms with van der Waals surface area (Å²) in [5.74, 6) is -8.16. The largest absolute Gasteiger partial charge is 0.508 e. The van der Waals surface area contributed by atoms with Gasteiger partial charge in [-0.1, -0.05) is 0 Å². The number of Topliss-reactive ketones (excluding diaryl/α,β-unsaturated/α-hetero) is 2. The summed E-state index contributed by atoms with van der Waals surface area (Å²) in [6, 6.07) is 2.21. The van der Waals surface area contributed by atoms with E-state index in [9.17, 15) is 44.4 Å². The van der Waals surface area contributed by atoms with Crippen LogP contribution in [0.25, 0.3) is 0 Å². The average molecular weight is 454 g/mol. The van der Waals surface area contributed by atoms with Crippen molar-refractivity contribution in [2.24, 2.45) is 0 Å². The topological polar surface area (TPSA) is 185 Å². The maximum atomic E-state index is 12.7. The van der Waals surface area contributed by atoms with Crippen LogP contribution in [0.5, 0.6) is 17.2 Å². The first kappa shape index (κ1) is 21.6. The van der Waals surface area contributed by atoms with Crippen molar-refractivity contribution in [3.63, 3.8) is 0 Å².